The summed E-state index contributed by atoms with van der Waals surface area (Å²) in [6, 6.07) is 7.89. The van der Waals surface area contributed by atoms with Crippen LogP contribution in [0.1, 0.15) is 19.7 Å². The van der Waals surface area contributed by atoms with Gasteiger partial charge in [0.1, 0.15) is 12.4 Å². The number of aryl methyl sites for hydroxylation is 1. The van der Waals surface area contributed by atoms with E-state index in [4.69, 9.17) is 4.74 Å². The van der Waals surface area contributed by atoms with Crippen molar-refractivity contribution in [3.8, 4) is 0 Å². The third-order valence-corrected chi connectivity index (χ3v) is 3.18. The number of rotatable bonds is 6. The Morgan fingerprint density at radius 2 is 2.20 bits per heavy atom. The van der Waals surface area contributed by atoms with Gasteiger partial charge in [0.2, 0.25) is 5.91 Å². The van der Waals surface area contributed by atoms with Crippen molar-refractivity contribution in [3.05, 3.63) is 30.1 Å². The molecule has 5 nitrogen and oxygen atoms in total. The molecule has 2 aromatic rings. The van der Waals surface area contributed by atoms with E-state index in [1.165, 1.54) is 0 Å². The van der Waals surface area contributed by atoms with Gasteiger partial charge in [0.25, 0.3) is 0 Å². The van der Waals surface area contributed by atoms with E-state index < -0.39 is 0 Å². The number of aromatic nitrogens is 2. The molecule has 5 heteroatoms. The number of carbonyl (C=O) groups excluding carboxylic acids is 1. The molecule has 20 heavy (non-hydrogen) atoms. The topological polar surface area (TPSA) is 56.2 Å². The predicted molar refractivity (Wildman–Crippen MR) is 78.6 cm³/mol. The highest BCUT2D eigenvalue weighted by atomic mass is 16.5. The largest absolute Gasteiger partial charge is 0.383 e. The second kappa shape index (κ2) is 6.52. The van der Waals surface area contributed by atoms with Crippen molar-refractivity contribution >= 4 is 16.9 Å². The van der Waals surface area contributed by atoms with Crippen LogP contribution in [0.2, 0.25) is 0 Å². The minimum Gasteiger partial charge on any atom is -0.383 e. The van der Waals surface area contributed by atoms with Gasteiger partial charge >= 0.3 is 0 Å². The first-order valence-electron chi connectivity index (χ1n) is 6.88. The maximum atomic E-state index is 12.1. The third-order valence-electron chi connectivity index (χ3n) is 3.18. The minimum atomic E-state index is -0.0209. The van der Waals surface area contributed by atoms with E-state index >= 15 is 0 Å². The van der Waals surface area contributed by atoms with Crippen molar-refractivity contribution in [2.24, 2.45) is 0 Å². The number of carbonyl (C=O) groups is 1. The quantitative estimate of drug-likeness (QED) is 0.874. The van der Waals surface area contributed by atoms with Crippen molar-refractivity contribution in [2.75, 3.05) is 13.7 Å². The van der Waals surface area contributed by atoms with E-state index in [1.54, 1.807) is 7.11 Å². The maximum absolute atomic E-state index is 12.1. The van der Waals surface area contributed by atoms with E-state index in [0.717, 1.165) is 23.3 Å². The zero-order valence-electron chi connectivity index (χ0n) is 12.2. The fourth-order valence-electron chi connectivity index (χ4n) is 2.33. The number of hydrogen-bond donors (Lipinski definition) is 1. The molecular formula is C15H21N3O2. The monoisotopic (exact) mass is 275 g/mol. The number of benzene rings is 1. The zero-order valence-corrected chi connectivity index (χ0v) is 12.2. The van der Waals surface area contributed by atoms with Gasteiger partial charge in [0, 0.05) is 19.6 Å². The average Bonchev–Trinajstić information content (AvgIpc) is 2.77. The van der Waals surface area contributed by atoms with Gasteiger partial charge in [-0.15, -0.1) is 0 Å². The van der Waals surface area contributed by atoms with Crippen molar-refractivity contribution in [1.82, 2.24) is 14.9 Å². The molecule has 0 aliphatic carbocycles. The van der Waals surface area contributed by atoms with Crippen molar-refractivity contribution in [2.45, 2.75) is 32.9 Å². The molecule has 1 N–H and O–H groups in total. The Morgan fingerprint density at radius 3 is 2.90 bits per heavy atom. The van der Waals surface area contributed by atoms with Crippen LogP contribution in [0.4, 0.5) is 0 Å². The van der Waals surface area contributed by atoms with E-state index in [9.17, 15) is 4.79 Å². The number of ether oxygens (including phenoxy) is 1. The van der Waals surface area contributed by atoms with Crippen LogP contribution in [0, 0.1) is 0 Å². The molecule has 0 spiro atoms. The molecule has 1 atom stereocenters. The molecular weight excluding hydrogens is 254 g/mol. The average molecular weight is 275 g/mol. The molecule has 2 rings (SSSR count). The van der Waals surface area contributed by atoms with Gasteiger partial charge in [-0.25, -0.2) is 4.98 Å². The SMILES string of the molecule is CCc1nc2ccccc2n1CC(=O)NC(C)COC. The van der Waals surface area contributed by atoms with Gasteiger partial charge in [-0.05, 0) is 19.1 Å². The summed E-state index contributed by atoms with van der Waals surface area (Å²) in [7, 11) is 1.63. The molecule has 1 heterocycles. The number of amides is 1. The van der Waals surface area contributed by atoms with Crippen LogP contribution in [-0.4, -0.2) is 35.2 Å². The smallest absolute Gasteiger partial charge is 0.240 e. The molecule has 1 unspecified atom stereocenters. The number of hydrogen-bond acceptors (Lipinski definition) is 3. The van der Waals surface area contributed by atoms with Crippen LogP contribution < -0.4 is 5.32 Å². The molecule has 0 saturated heterocycles. The summed E-state index contributed by atoms with van der Waals surface area (Å²) in [5.74, 6) is 0.910. The molecule has 0 aliphatic rings. The fraction of sp³-hybridized carbons (Fsp3) is 0.467. The molecule has 0 aliphatic heterocycles. The van der Waals surface area contributed by atoms with Gasteiger partial charge in [0.05, 0.1) is 17.6 Å². The van der Waals surface area contributed by atoms with Gasteiger partial charge in [-0.1, -0.05) is 19.1 Å². The highest BCUT2D eigenvalue weighted by Gasteiger charge is 2.13. The highest BCUT2D eigenvalue weighted by Crippen LogP contribution is 2.16. The molecule has 0 fully saturated rings. The lowest BCUT2D eigenvalue weighted by Gasteiger charge is -2.14. The second-order valence-corrected chi connectivity index (χ2v) is 4.88. The summed E-state index contributed by atoms with van der Waals surface area (Å²) in [6.45, 7) is 4.77. The minimum absolute atomic E-state index is 0.00682. The first kappa shape index (κ1) is 14.5. The summed E-state index contributed by atoms with van der Waals surface area (Å²) in [4.78, 5) is 16.7. The van der Waals surface area contributed by atoms with Crippen LogP contribution in [0.15, 0.2) is 24.3 Å². The van der Waals surface area contributed by atoms with Crippen molar-refractivity contribution in [3.63, 3.8) is 0 Å². The van der Waals surface area contributed by atoms with E-state index in [0.29, 0.717) is 6.61 Å². The lowest BCUT2D eigenvalue weighted by atomic mass is 10.3. The van der Waals surface area contributed by atoms with Gasteiger partial charge in [0.15, 0.2) is 0 Å². The van der Waals surface area contributed by atoms with E-state index in [1.807, 2.05) is 42.7 Å². The first-order chi connectivity index (χ1) is 9.65. The Balaban J connectivity index is 2.18. The Labute approximate surface area is 118 Å². The van der Waals surface area contributed by atoms with Crippen LogP contribution in [0.25, 0.3) is 11.0 Å². The zero-order chi connectivity index (χ0) is 14.5. The van der Waals surface area contributed by atoms with Gasteiger partial charge in [-0.3, -0.25) is 4.79 Å². The summed E-state index contributed by atoms with van der Waals surface area (Å²) in [5.41, 5.74) is 1.93. The molecule has 1 aromatic carbocycles. The Hall–Kier alpha value is -1.88. The lowest BCUT2D eigenvalue weighted by molar-refractivity contribution is -0.122. The Kier molecular flexibility index (Phi) is 4.74. The second-order valence-electron chi connectivity index (χ2n) is 4.88. The van der Waals surface area contributed by atoms with E-state index in [-0.39, 0.29) is 18.5 Å². The van der Waals surface area contributed by atoms with Crippen LogP contribution in [-0.2, 0) is 22.5 Å². The Morgan fingerprint density at radius 1 is 1.45 bits per heavy atom. The molecule has 0 bridgehead atoms. The lowest BCUT2D eigenvalue weighted by Crippen LogP contribution is -2.37. The summed E-state index contributed by atoms with van der Waals surface area (Å²) < 4.78 is 7.00. The van der Waals surface area contributed by atoms with Crippen molar-refractivity contribution in [1.29, 1.82) is 0 Å². The normalized spacial score (nSPS) is 12.6. The molecule has 1 aromatic heterocycles. The fourth-order valence-corrected chi connectivity index (χ4v) is 2.33. The number of fused-ring (bicyclic) bond motifs is 1. The molecule has 108 valence electrons. The number of nitrogens with one attached hydrogen (secondary N) is 1. The summed E-state index contributed by atoms with van der Waals surface area (Å²) >= 11 is 0. The molecule has 1 amide bonds. The Bertz CT molecular complexity index is 592. The number of nitrogens with zero attached hydrogens (tertiary/aromatic N) is 2. The summed E-state index contributed by atoms with van der Waals surface area (Å²) in [5, 5.41) is 2.92. The van der Waals surface area contributed by atoms with Crippen LogP contribution in [0.3, 0.4) is 0 Å². The molecule has 0 saturated carbocycles. The van der Waals surface area contributed by atoms with Crippen molar-refractivity contribution < 1.29 is 9.53 Å². The maximum Gasteiger partial charge on any atom is 0.240 e. The predicted octanol–water partition coefficient (Wildman–Crippen LogP) is 1.75. The van der Waals surface area contributed by atoms with E-state index in [2.05, 4.69) is 10.3 Å². The van der Waals surface area contributed by atoms with Crippen LogP contribution >= 0.6 is 0 Å². The highest BCUT2D eigenvalue weighted by molar-refractivity contribution is 5.81. The number of imidazole rings is 1. The molecule has 0 radical (unpaired) electrons. The van der Waals surface area contributed by atoms with Gasteiger partial charge < -0.3 is 14.6 Å². The summed E-state index contributed by atoms with van der Waals surface area (Å²) in [6.07, 6.45) is 0.801. The number of methoxy groups -OCH3 is 1. The first-order valence-corrected chi connectivity index (χ1v) is 6.88. The standard InChI is InChI=1S/C15H21N3O2/c1-4-14-17-12-7-5-6-8-13(12)18(14)9-15(19)16-11(2)10-20-3/h5-8,11H,4,9-10H2,1-3H3,(H,16,19). The van der Waals surface area contributed by atoms with Crippen LogP contribution in [0.5, 0.6) is 0 Å². The van der Waals surface area contributed by atoms with Gasteiger partial charge in [-0.2, -0.15) is 0 Å². The number of para-hydroxylation sites is 2. The third kappa shape index (κ3) is 3.17.